The van der Waals surface area contributed by atoms with E-state index >= 15 is 0 Å². The molecule has 2 amide bonds. The minimum Gasteiger partial charge on any atom is -0.481 e. The van der Waals surface area contributed by atoms with Gasteiger partial charge < -0.3 is 15.7 Å². The summed E-state index contributed by atoms with van der Waals surface area (Å²) in [4.78, 5) is 23.1. The third-order valence-electron chi connectivity index (χ3n) is 3.57. The van der Waals surface area contributed by atoms with Crippen molar-refractivity contribution in [2.75, 3.05) is 11.9 Å². The number of carbonyl (C=O) groups is 2. The third-order valence-corrected chi connectivity index (χ3v) is 4.18. The van der Waals surface area contributed by atoms with Crippen LogP contribution >= 0.6 is 15.9 Å². The first kappa shape index (κ1) is 17.4. The second-order valence-electron chi connectivity index (χ2n) is 4.73. The molecule has 1 aromatic carbocycles. The van der Waals surface area contributed by atoms with Crippen LogP contribution in [0.15, 0.2) is 22.7 Å². The number of halogens is 2. The molecule has 0 aliphatic rings. The van der Waals surface area contributed by atoms with E-state index in [0.29, 0.717) is 18.5 Å². The Kier molecular flexibility index (Phi) is 6.14. The first-order valence-corrected chi connectivity index (χ1v) is 7.37. The largest absolute Gasteiger partial charge is 0.481 e. The van der Waals surface area contributed by atoms with Crippen molar-refractivity contribution in [3.8, 4) is 0 Å². The molecule has 0 radical (unpaired) electrons. The maximum atomic E-state index is 13.1. The highest BCUT2D eigenvalue weighted by atomic mass is 79.9. The van der Waals surface area contributed by atoms with Crippen LogP contribution in [0.25, 0.3) is 0 Å². The number of hydrogen-bond donors (Lipinski definition) is 3. The summed E-state index contributed by atoms with van der Waals surface area (Å²) in [6.07, 6.45) is 0.836. The van der Waals surface area contributed by atoms with Crippen LogP contribution in [0.3, 0.4) is 0 Å². The lowest BCUT2D eigenvalue weighted by Gasteiger charge is -2.26. The van der Waals surface area contributed by atoms with Gasteiger partial charge >= 0.3 is 12.0 Å². The fourth-order valence-corrected chi connectivity index (χ4v) is 2.26. The van der Waals surface area contributed by atoms with Gasteiger partial charge in [-0.05, 0) is 47.0 Å². The quantitative estimate of drug-likeness (QED) is 0.725. The van der Waals surface area contributed by atoms with E-state index in [1.165, 1.54) is 18.2 Å². The van der Waals surface area contributed by atoms with E-state index in [-0.39, 0.29) is 11.0 Å². The van der Waals surface area contributed by atoms with Crippen LogP contribution in [-0.2, 0) is 4.79 Å². The zero-order valence-corrected chi connectivity index (χ0v) is 13.5. The Morgan fingerprint density at radius 3 is 2.43 bits per heavy atom. The van der Waals surface area contributed by atoms with Crippen LogP contribution in [0.5, 0.6) is 0 Å². The summed E-state index contributed by atoms with van der Waals surface area (Å²) in [5, 5.41) is 14.4. The van der Waals surface area contributed by atoms with E-state index in [2.05, 4.69) is 26.6 Å². The molecule has 0 unspecified atom stereocenters. The molecule has 5 nitrogen and oxygen atoms in total. The van der Waals surface area contributed by atoms with Crippen molar-refractivity contribution in [1.29, 1.82) is 0 Å². The van der Waals surface area contributed by atoms with Crippen molar-refractivity contribution < 1.29 is 19.1 Å². The van der Waals surface area contributed by atoms with E-state index in [1.54, 1.807) is 13.8 Å². The molecule has 7 heteroatoms. The fraction of sp³-hybridized carbons (Fsp3) is 0.429. The smallest absolute Gasteiger partial charge is 0.319 e. The number of carboxylic acids is 1. The number of amides is 2. The normalized spacial score (nSPS) is 11.0. The highest BCUT2D eigenvalue weighted by molar-refractivity contribution is 9.10. The SMILES string of the molecule is CCC(CC)(CNC(=O)Nc1ccc(F)c(Br)c1)C(=O)O. The van der Waals surface area contributed by atoms with Gasteiger partial charge in [0.25, 0.3) is 0 Å². The number of urea groups is 1. The van der Waals surface area contributed by atoms with Crippen LogP contribution in [0.2, 0.25) is 0 Å². The van der Waals surface area contributed by atoms with E-state index < -0.39 is 23.2 Å². The molecule has 3 N–H and O–H groups in total. The molecule has 0 heterocycles. The molecule has 1 rings (SSSR count). The molecule has 116 valence electrons. The molecule has 0 saturated heterocycles. The number of benzene rings is 1. The molecule has 1 aromatic rings. The summed E-state index contributed by atoms with van der Waals surface area (Å²) < 4.78 is 13.3. The van der Waals surface area contributed by atoms with Gasteiger partial charge in [0.15, 0.2) is 0 Å². The van der Waals surface area contributed by atoms with E-state index in [0.717, 1.165) is 0 Å². The van der Waals surface area contributed by atoms with Crippen LogP contribution in [0.4, 0.5) is 14.9 Å². The molecule has 21 heavy (non-hydrogen) atoms. The number of carboxylic acid groups (broad SMARTS) is 1. The Morgan fingerprint density at radius 1 is 1.33 bits per heavy atom. The van der Waals surface area contributed by atoms with Gasteiger partial charge in [-0.15, -0.1) is 0 Å². The van der Waals surface area contributed by atoms with Gasteiger partial charge in [-0.2, -0.15) is 0 Å². The lowest BCUT2D eigenvalue weighted by atomic mass is 9.82. The third kappa shape index (κ3) is 4.42. The van der Waals surface area contributed by atoms with Gasteiger partial charge in [-0.3, -0.25) is 4.79 Å². The first-order chi connectivity index (χ1) is 9.84. The zero-order valence-electron chi connectivity index (χ0n) is 11.9. The molecule has 0 atom stereocenters. The number of hydrogen-bond acceptors (Lipinski definition) is 2. The Bertz CT molecular complexity index is 533. The molecular formula is C14H18BrFN2O3. The van der Waals surface area contributed by atoms with Crippen molar-refractivity contribution in [2.24, 2.45) is 5.41 Å². The second-order valence-corrected chi connectivity index (χ2v) is 5.58. The van der Waals surface area contributed by atoms with Crippen molar-refractivity contribution in [3.05, 3.63) is 28.5 Å². The Morgan fingerprint density at radius 2 is 1.95 bits per heavy atom. The average Bonchev–Trinajstić information content (AvgIpc) is 2.44. The summed E-state index contributed by atoms with van der Waals surface area (Å²) in [5.74, 6) is -1.36. The number of rotatable bonds is 6. The molecule has 0 saturated carbocycles. The molecule has 0 fully saturated rings. The maximum absolute atomic E-state index is 13.1. The molecule has 0 spiro atoms. The van der Waals surface area contributed by atoms with Crippen molar-refractivity contribution in [3.63, 3.8) is 0 Å². The van der Waals surface area contributed by atoms with Crippen LogP contribution in [-0.4, -0.2) is 23.7 Å². The Balaban J connectivity index is 2.65. The van der Waals surface area contributed by atoms with Crippen molar-refractivity contribution in [2.45, 2.75) is 26.7 Å². The highest BCUT2D eigenvalue weighted by Crippen LogP contribution is 2.25. The summed E-state index contributed by atoms with van der Waals surface area (Å²) in [6, 6.07) is 3.54. The minimum atomic E-state index is -0.972. The van der Waals surface area contributed by atoms with Gasteiger partial charge in [-0.25, -0.2) is 9.18 Å². The Hall–Kier alpha value is -1.63. The molecule has 0 aliphatic heterocycles. The van der Waals surface area contributed by atoms with Gasteiger partial charge in [0.2, 0.25) is 0 Å². The summed E-state index contributed by atoms with van der Waals surface area (Å²) in [5.41, 5.74) is -0.560. The minimum absolute atomic E-state index is 0.0313. The zero-order chi connectivity index (χ0) is 16.0. The summed E-state index contributed by atoms with van der Waals surface area (Å²) >= 11 is 3.02. The van der Waals surface area contributed by atoms with E-state index in [9.17, 15) is 19.1 Å². The molecule has 0 bridgehead atoms. The fourth-order valence-electron chi connectivity index (χ4n) is 1.88. The first-order valence-electron chi connectivity index (χ1n) is 6.58. The maximum Gasteiger partial charge on any atom is 0.319 e. The van der Waals surface area contributed by atoms with Gasteiger partial charge in [0.1, 0.15) is 5.82 Å². The predicted molar refractivity (Wildman–Crippen MR) is 81.8 cm³/mol. The Labute approximate surface area is 131 Å². The summed E-state index contributed by atoms with van der Waals surface area (Å²) in [6.45, 7) is 3.58. The molecule has 0 aromatic heterocycles. The highest BCUT2D eigenvalue weighted by Gasteiger charge is 2.35. The lowest BCUT2D eigenvalue weighted by molar-refractivity contribution is -0.149. The standard InChI is InChI=1S/C14H18BrFN2O3/c1-3-14(4-2,12(19)20)8-17-13(21)18-9-5-6-11(16)10(15)7-9/h5-7H,3-4,8H2,1-2H3,(H,19,20)(H2,17,18,21). The summed E-state index contributed by atoms with van der Waals surface area (Å²) in [7, 11) is 0. The van der Waals surface area contributed by atoms with E-state index in [1.807, 2.05) is 0 Å². The van der Waals surface area contributed by atoms with Gasteiger partial charge in [-0.1, -0.05) is 13.8 Å². The average molecular weight is 361 g/mol. The van der Waals surface area contributed by atoms with Gasteiger partial charge in [0, 0.05) is 12.2 Å². The topological polar surface area (TPSA) is 78.4 Å². The number of carbonyl (C=O) groups excluding carboxylic acids is 1. The monoisotopic (exact) mass is 360 g/mol. The number of nitrogens with one attached hydrogen (secondary N) is 2. The van der Waals surface area contributed by atoms with Crippen LogP contribution in [0.1, 0.15) is 26.7 Å². The van der Waals surface area contributed by atoms with Crippen molar-refractivity contribution in [1.82, 2.24) is 5.32 Å². The van der Waals surface area contributed by atoms with Crippen LogP contribution in [0, 0.1) is 11.2 Å². The number of anilines is 1. The predicted octanol–water partition coefficient (Wildman–Crippen LogP) is 3.60. The van der Waals surface area contributed by atoms with Gasteiger partial charge in [0.05, 0.1) is 9.89 Å². The van der Waals surface area contributed by atoms with Crippen LogP contribution < -0.4 is 10.6 Å². The lowest BCUT2D eigenvalue weighted by Crippen LogP contribution is -2.43. The van der Waals surface area contributed by atoms with Crippen molar-refractivity contribution >= 4 is 33.6 Å². The molecule has 0 aliphatic carbocycles. The second kappa shape index (κ2) is 7.40. The molecular weight excluding hydrogens is 343 g/mol. The number of aliphatic carboxylic acids is 1. The van der Waals surface area contributed by atoms with E-state index in [4.69, 9.17) is 0 Å².